The number of hydrogen-bond donors (Lipinski definition) is 2. The van der Waals surface area contributed by atoms with Gasteiger partial charge < -0.3 is 29.5 Å². The molecule has 1 aliphatic carbocycles. The Balaban J connectivity index is 1.34. The Hall–Kier alpha value is -5.64. The van der Waals surface area contributed by atoms with Gasteiger partial charge in [-0.1, -0.05) is 74.5 Å². The molecule has 4 aromatic rings. The predicted molar refractivity (Wildman–Crippen MR) is 196 cm³/mol. The molecule has 10 heteroatoms. The van der Waals surface area contributed by atoms with E-state index < -0.39 is 41.5 Å². The first-order chi connectivity index (χ1) is 25.1. The maximum absolute atomic E-state index is 14.4. The minimum absolute atomic E-state index is 0.0502. The maximum atomic E-state index is 14.4. The van der Waals surface area contributed by atoms with Crippen LogP contribution in [0.15, 0.2) is 109 Å². The molecular formula is C42H46N2O8. The average molecular weight is 707 g/mol. The summed E-state index contributed by atoms with van der Waals surface area (Å²) in [6.45, 7) is 5.10. The van der Waals surface area contributed by atoms with Crippen molar-refractivity contribution < 1.29 is 38.9 Å². The van der Waals surface area contributed by atoms with Crippen LogP contribution in [0.5, 0.6) is 23.0 Å². The summed E-state index contributed by atoms with van der Waals surface area (Å²) in [6, 6.07) is 33.5. The molecule has 3 atom stereocenters. The van der Waals surface area contributed by atoms with Gasteiger partial charge in [-0.2, -0.15) is 0 Å². The summed E-state index contributed by atoms with van der Waals surface area (Å²) in [6.07, 6.45) is 0.221. The van der Waals surface area contributed by atoms with E-state index in [1.807, 2.05) is 111 Å². The Morgan fingerprint density at radius 2 is 1.06 bits per heavy atom. The van der Waals surface area contributed by atoms with Crippen LogP contribution in [0.1, 0.15) is 57.1 Å². The minimum Gasteiger partial charge on any atom is -0.481 e. The normalized spacial score (nSPS) is 18.0. The molecule has 0 aromatic heterocycles. The molecule has 5 rings (SSSR count). The van der Waals surface area contributed by atoms with E-state index in [-0.39, 0.29) is 31.8 Å². The lowest BCUT2D eigenvalue weighted by molar-refractivity contribution is -0.163. The third kappa shape index (κ3) is 9.37. The predicted octanol–water partition coefficient (Wildman–Crippen LogP) is 8.02. The van der Waals surface area contributed by atoms with Crippen molar-refractivity contribution in [1.82, 2.24) is 9.80 Å². The number of amides is 2. The summed E-state index contributed by atoms with van der Waals surface area (Å²) < 4.78 is 11.8. The van der Waals surface area contributed by atoms with Crippen LogP contribution in [0.2, 0.25) is 0 Å². The van der Waals surface area contributed by atoms with Crippen LogP contribution in [-0.4, -0.2) is 56.9 Å². The number of rotatable bonds is 17. The van der Waals surface area contributed by atoms with Crippen molar-refractivity contribution in [2.75, 3.05) is 13.1 Å². The molecule has 0 spiro atoms. The van der Waals surface area contributed by atoms with E-state index in [4.69, 9.17) is 9.47 Å². The molecule has 1 fully saturated rings. The highest BCUT2D eigenvalue weighted by molar-refractivity contribution is 5.93. The lowest BCUT2D eigenvalue weighted by Gasteiger charge is -2.33. The molecule has 52 heavy (non-hydrogen) atoms. The Bertz CT molecular complexity index is 1800. The highest BCUT2D eigenvalue weighted by atomic mass is 16.5. The van der Waals surface area contributed by atoms with E-state index in [1.165, 1.54) is 0 Å². The molecule has 10 nitrogen and oxygen atoms in total. The summed E-state index contributed by atoms with van der Waals surface area (Å²) in [7, 11) is 0. The molecule has 2 amide bonds. The SMILES string of the molecule is CCCN(Cc1ccc(Oc2ccccc2)cc1)C(=O)[C@H]1C[C@@H](C(=O)N(CCC)Cc2ccc(Oc3ccccc3)cc2)[C@@](CC(=O)O)(C(=O)O)C1. The first-order valence-electron chi connectivity index (χ1n) is 17.8. The number of carbonyl (C=O) groups excluding carboxylic acids is 2. The van der Waals surface area contributed by atoms with Crippen molar-refractivity contribution in [2.24, 2.45) is 17.3 Å². The molecular weight excluding hydrogens is 660 g/mol. The van der Waals surface area contributed by atoms with Gasteiger partial charge in [0.2, 0.25) is 11.8 Å². The summed E-state index contributed by atoms with van der Waals surface area (Å²) in [5, 5.41) is 20.5. The third-order valence-corrected chi connectivity index (χ3v) is 9.50. The minimum atomic E-state index is -1.93. The average Bonchev–Trinajstić information content (AvgIpc) is 3.53. The topological polar surface area (TPSA) is 134 Å². The largest absolute Gasteiger partial charge is 0.481 e. The van der Waals surface area contributed by atoms with Crippen LogP contribution in [-0.2, 0) is 32.3 Å². The van der Waals surface area contributed by atoms with Crippen LogP contribution in [0.25, 0.3) is 0 Å². The Kier molecular flexibility index (Phi) is 12.7. The zero-order chi connectivity index (χ0) is 37.1. The van der Waals surface area contributed by atoms with Crippen LogP contribution in [0, 0.1) is 17.3 Å². The number of carboxylic acid groups (broad SMARTS) is 2. The fraction of sp³-hybridized carbons (Fsp3) is 0.333. The maximum Gasteiger partial charge on any atom is 0.311 e. The highest BCUT2D eigenvalue weighted by Crippen LogP contribution is 2.51. The second-order valence-electron chi connectivity index (χ2n) is 13.4. The van der Waals surface area contributed by atoms with Crippen molar-refractivity contribution in [3.8, 4) is 23.0 Å². The Morgan fingerprint density at radius 3 is 1.46 bits per heavy atom. The zero-order valence-electron chi connectivity index (χ0n) is 29.6. The van der Waals surface area contributed by atoms with Gasteiger partial charge in [-0.15, -0.1) is 0 Å². The standard InChI is InChI=1S/C42H46N2O8/c1-3-23-43(28-30-15-19-35(20-16-30)51-33-11-7-5-8-12-33)39(47)32-25-37(42(26-32,41(49)50)27-38(45)46)40(48)44(24-4-2)29-31-17-21-36(22-18-31)52-34-13-9-6-10-14-34/h5-22,32,37H,3-4,23-29H2,1-2H3,(H,45,46)(H,49,50)/t32-,37-,42+/m0/s1. The Morgan fingerprint density at radius 1 is 0.635 bits per heavy atom. The molecule has 2 N–H and O–H groups in total. The number of nitrogens with zero attached hydrogens (tertiary/aromatic N) is 2. The molecule has 272 valence electrons. The van der Waals surface area contributed by atoms with E-state index in [0.717, 1.165) is 11.1 Å². The van der Waals surface area contributed by atoms with E-state index >= 15 is 0 Å². The van der Waals surface area contributed by atoms with Gasteiger partial charge in [-0.05, 0) is 85.3 Å². The van der Waals surface area contributed by atoms with Gasteiger partial charge in [0.1, 0.15) is 23.0 Å². The first kappa shape index (κ1) is 37.6. The molecule has 0 bridgehead atoms. The molecule has 1 aliphatic rings. The summed E-state index contributed by atoms with van der Waals surface area (Å²) in [4.78, 5) is 57.0. The lowest BCUT2D eigenvalue weighted by Crippen LogP contribution is -2.46. The smallest absolute Gasteiger partial charge is 0.311 e. The van der Waals surface area contributed by atoms with Crippen LogP contribution < -0.4 is 9.47 Å². The van der Waals surface area contributed by atoms with Gasteiger partial charge in [-0.25, -0.2) is 0 Å². The second-order valence-corrected chi connectivity index (χ2v) is 13.4. The fourth-order valence-electron chi connectivity index (χ4n) is 7.05. The van der Waals surface area contributed by atoms with Gasteiger partial charge in [0, 0.05) is 32.1 Å². The van der Waals surface area contributed by atoms with Gasteiger partial charge >= 0.3 is 11.9 Å². The molecule has 0 unspecified atom stereocenters. The zero-order valence-corrected chi connectivity index (χ0v) is 29.6. The first-order valence-corrected chi connectivity index (χ1v) is 17.8. The van der Waals surface area contributed by atoms with Gasteiger partial charge in [0.15, 0.2) is 0 Å². The molecule has 4 aromatic carbocycles. The molecule has 0 heterocycles. The lowest BCUT2D eigenvalue weighted by atomic mass is 9.74. The van der Waals surface area contributed by atoms with E-state index in [1.54, 1.807) is 21.9 Å². The van der Waals surface area contributed by atoms with Gasteiger partial charge in [-0.3, -0.25) is 19.2 Å². The second kappa shape index (κ2) is 17.5. The van der Waals surface area contributed by atoms with E-state index in [0.29, 0.717) is 48.9 Å². The van der Waals surface area contributed by atoms with Crippen molar-refractivity contribution >= 4 is 23.8 Å². The molecule has 1 saturated carbocycles. The number of carboxylic acids is 2. The van der Waals surface area contributed by atoms with Crippen LogP contribution >= 0.6 is 0 Å². The van der Waals surface area contributed by atoms with Crippen molar-refractivity contribution in [2.45, 2.75) is 59.0 Å². The summed E-state index contributed by atoms with van der Waals surface area (Å²) >= 11 is 0. The molecule has 0 radical (unpaired) electrons. The highest BCUT2D eigenvalue weighted by Gasteiger charge is 2.59. The number of carbonyl (C=O) groups is 4. The fourth-order valence-corrected chi connectivity index (χ4v) is 7.05. The van der Waals surface area contributed by atoms with Crippen molar-refractivity contribution in [3.05, 3.63) is 120 Å². The van der Waals surface area contributed by atoms with Gasteiger partial charge in [0.05, 0.1) is 17.8 Å². The molecule has 0 saturated heterocycles. The van der Waals surface area contributed by atoms with Gasteiger partial charge in [0.25, 0.3) is 0 Å². The van der Waals surface area contributed by atoms with Crippen molar-refractivity contribution in [3.63, 3.8) is 0 Å². The number of para-hydroxylation sites is 2. The summed E-state index contributed by atoms with van der Waals surface area (Å²) in [5.41, 5.74) is -0.268. The van der Waals surface area contributed by atoms with Crippen LogP contribution in [0.4, 0.5) is 0 Å². The van der Waals surface area contributed by atoms with Crippen LogP contribution in [0.3, 0.4) is 0 Å². The number of benzene rings is 4. The quantitative estimate of drug-likeness (QED) is 0.113. The van der Waals surface area contributed by atoms with Crippen molar-refractivity contribution in [1.29, 1.82) is 0 Å². The van der Waals surface area contributed by atoms with E-state index in [2.05, 4.69) is 0 Å². The number of ether oxygens (including phenoxy) is 2. The third-order valence-electron chi connectivity index (χ3n) is 9.50. The monoisotopic (exact) mass is 706 g/mol. The number of aliphatic carboxylic acids is 2. The molecule has 0 aliphatic heterocycles. The van der Waals surface area contributed by atoms with E-state index in [9.17, 15) is 29.4 Å². The number of hydrogen-bond acceptors (Lipinski definition) is 6. The Labute approximate surface area is 304 Å². The summed E-state index contributed by atoms with van der Waals surface area (Å²) in [5.74, 6) is -2.81.